The number of thiazole rings is 1. The predicted octanol–water partition coefficient (Wildman–Crippen LogP) is 4.76. The van der Waals surface area contributed by atoms with E-state index in [2.05, 4.69) is 10.3 Å². The van der Waals surface area contributed by atoms with E-state index in [9.17, 15) is 9.59 Å². The van der Waals surface area contributed by atoms with Gasteiger partial charge in [-0.15, -0.1) is 11.3 Å². The molecule has 32 heavy (non-hydrogen) atoms. The number of carbonyl (C=O) groups excluding carboxylic acids is 2. The number of hydrogen-bond acceptors (Lipinski definition) is 5. The minimum atomic E-state index is -0.272. The molecule has 0 atom stereocenters. The molecule has 166 valence electrons. The molecule has 2 aromatic carbocycles. The van der Waals surface area contributed by atoms with Crippen LogP contribution < -0.4 is 10.1 Å². The first-order valence-electron chi connectivity index (χ1n) is 10.3. The van der Waals surface area contributed by atoms with Gasteiger partial charge in [-0.1, -0.05) is 36.4 Å². The van der Waals surface area contributed by atoms with Crippen LogP contribution in [0.2, 0.25) is 0 Å². The van der Waals surface area contributed by atoms with E-state index >= 15 is 0 Å². The van der Waals surface area contributed by atoms with Crippen LogP contribution in [0, 0.1) is 20.8 Å². The first kappa shape index (κ1) is 23.2. The molecular weight excluding hydrogens is 422 g/mol. The van der Waals surface area contributed by atoms with E-state index < -0.39 is 0 Å². The summed E-state index contributed by atoms with van der Waals surface area (Å²) in [5, 5.41) is 5.86. The van der Waals surface area contributed by atoms with E-state index in [-0.39, 0.29) is 18.4 Å². The minimum Gasteiger partial charge on any atom is -0.487 e. The zero-order valence-electron chi connectivity index (χ0n) is 18.7. The van der Waals surface area contributed by atoms with Crippen molar-refractivity contribution in [3.05, 3.63) is 81.3 Å². The number of aryl methyl sites for hydroxylation is 3. The highest BCUT2D eigenvalue weighted by Crippen LogP contribution is 2.22. The summed E-state index contributed by atoms with van der Waals surface area (Å²) in [6.07, 6.45) is 3.14. The Hall–Kier alpha value is -3.45. The van der Waals surface area contributed by atoms with Gasteiger partial charge in [0.25, 0.3) is 0 Å². The van der Waals surface area contributed by atoms with Crippen LogP contribution >= 0.6 is 11.3 Å². The largest absolute Gasteiger partial charge is 0.487 e. The van der Waals surface area contributed by atoms with E-state index in [1.165, 1.54) is 11.0 Å². The monoisotopic (exact) mass is 449 g/mol. The number of hydrogen-bond donors (Lipinski definition) is 1. The Bertz CT molecular complexity index is 1120. The highest BCUT2D eigenvalue weighted by molar-refractivity contribution is 7.09. The molecule has 0 aliphatic carbocycles. The second-order valence-electron chi connectivity index (χ2n) is 7.53. The molecule has 1 N–H and O–H groups in total. The normalized spacial score (nSPS) is 10.9. The Morgan fingerprint density at radius 3 is 2.50 bits per heavy atom. The third-order valence-corrected chi connectivity index (χ3v) is 5.69. The molecule has 2 amide bonds. The van der Waals surface area contributed by atoms with E-state index in [0.29, 0.717) is 12.4 Å². The van der Waals surface area contributed by atoms with Crippen molar-refractivity contribution in [2.75, 3.05) is 18.9 Å². The minimum absolute atomic E-state index is 0.0434. The molecule has 0 saturated heterocycles. The SMILES string of the molecule is Cc1nc(COc2ccccc2/C=C/C(=O)N(C)CC(=O)Nc2c(C)cccc2C)cs1. The van der Waals surface area contributed by atoms with E-state index in [1.54, 1.807) is 24.5 Å². The number of para-hydroxylation sites is 2. The Labute approximate surface area is 192 Å². The summed E-state index contributed by atoms with van der Waals surface area (Å²) in [7, 11) is 1.60. The molecule has 0 aliphatic rings. The van der Waals surface area contributed by atoms with Gasteiger partial charge in [-0.25, -0.2) is 4.98 Å². The molecule has 0 aliphatic heterocycles. The number of amides is 2. The maximum atomic E-state index is 12.5. The van der Waals surface area contributed by atoms with Crippen LogP contribution in [0.25, 0.3) is 6.08 Å². The average Bonchev–Trinajstić information content (AvgIpc) is 3.18. The average molecular weight is 450 g/mol. The van der Waals surface area contributed by atoms with Crippen LogP contribution in [0.5, 0.6) is 5.75 Å². The van der Waals surface area contributed by atoms with Crippen molar-refractivity contribution in [1.29, 1.82) is 0 Å². The molecule has 0 unspecified atom stereocenters. The summed E-state index contributed by atoms with van der Waals surface area (Å²) in [6, 6.07) is 13.3. The molecule has 3 aromatic rings. The molecule has 0 saturated carbocycles. The fourth-order valence-electron chi connectivity index (χ4n) is 3.15. The standard InChI is InChI=1S/C25H27N3O3S/c1-17-8-7-9-18(2)25(17)27-23(29)14-28(4)24(30)13-12-20-10-5-6-11-22(20)31-15-21-16-32-19(3)26-21/h5-13,16H,14-15H2,1-4H3,(H,27,29)/b13-12+. The number of rotatable bonds is 8. The Balaban J connectivity index is 1.59. The van der Waals surface area contributed by atoms with Gasteiger partial charge >= 0.3 is 0 Å². The second-order valence-corrected chi connectivity index (χ2v) is 8.59. The van der Waals surface area contributed by atoms with Crippen LogP contribution in [0.15, 0.2) is 53.9 Å². The Morgan fingerprint density at radius 2 is 1.81 bits per heavy atom. The van der Waals surface area contributed by atoms with Crippen molar-refractivity contribution in [3.63, 3.8) is 0 Å². The summed E-state index contributed by atoms with van der Waals surface area (Å²) < 4.78 is 5.89. The van der Waals surface area contributed by atoms with Gasteiger partial charge in [0.2, 0.25) is 11.8 Å². The lowest BCUT2D eigenvalue weighted by Crippen LogP contribution is -2.34. The number of aromatic nitrogens is 1. The summed E-state index contributed by atoms with van der Waals surface area (Å²) in [4.78, 5) is 30.7. The molecule has 6 nitrogen and oxygen atoms in total. The number of anilines is 1. The maximum absolute atomic E-state index is 12.5. The summed E-state index contributed by atoms with van der Waals surface area (Å²) in [6.45, 7) is 6.15. The van der Waals surface area contributed by atoms with E-state index in [4.69, 9.17) is 4.74 Å². The van der Waals surface area contributed by atoms with Gasteiger partial charge in [-0.05, 0) is 44.0 Å². The lowest BCUT2D eigenvalue weighted by atomic mass is 10.1. The first-order chi connectivity index (χ1) is 15.3. The Morgan fingerprint density at radius 1 is 1.09 bits per heavy atom. The third kappa shape index (κ3) is 6.28. The Kier molecular flexibility index (Phi) is 7.78. The lowest BCUT2D eigenvalue weighted by Gasteiger charge is -2.17. The predicted molar refractivity (Wildman–Crippen MR) is 129 cm³/mol. The third-order valence-electron chi connectivity index (χ3n) is 4.87. The van der Waals surface area contributed by atoms with Crippen molar-refractivity contribution in [2.24, 2.45) is 0 Å². The number of likely N-dealkylation sites (N-methyl/N-ethyl adjacent to an activating group) is 1. The number of nitrogens with one attached hydrogen (secondary N) is 1. The molecule has 3 rings (SSSR count). The first-order valence-corrected chi connectivity index (χ1v) is 11.1. The smallest absolute Gasteiger partial charge is 0.246 e. The van der Waals surface area contributed by atoms with E-state index in [1.807, 2.05) is 68.6 Å². The molecule has 1 aromatic heterocycles. The van der Waals surface area contributed by atoms with Gasteiger partial charge in [0.15, 0.2) is 0 Å². The van der Waals surface area contributed by atoms with Crippen LogP contribution in [-0.4, -0.2) is 35.3 Å². The highest BCUT2D eigenvalue weighted by Gasteiger charge is 2.13. The van der Waals surface area contributed by atoms with Gasteiger partial charge in [0.05, 0.1) is 17.2 Å². The lowest BCUT2D eigenvalue weighted by molar-refractivity contribution is -0.129. The number of ether oxygens (including phenoxy) is 1. The summed E-state index contributed by atoms with van der Waals surface area (Å²) in [5.74, 6) is 0.151. The molecule has 1 heterocycles. The second kappa shape index (κ2) is 10.7. The van der Waals surface area contributed by atoms with Gasteiger partial charge in [0, 0.05) is 29.8 Å². The number of nitrogens with zero attached hydrogens (tertiary/aromatic N) is 2. The van der Waals surface area contributed by atoms with Crippen LogP contribution in [0.1, 0.15) is 27.4 Å². The zero-order chi connectivity index (χ0) is 23.1. The summed E-state index contributed by atoms with van der Waals surface area (Å²) >= 11 is 1.58. The van der Waals surface area contributed by atoms with Gasteiger partial charge in [0.1, 0.15) is 12.4 Å². The van der Waals surface area contributed by atoms with Crippen molar-refractivity contribution in [3.8, 4) is 5.75 Å². The van der Waals surface area contributed by atoms with Crippen LogP contribution in [0.4, 0.5) is 5.69 Å². The number of benzene rings is 2. The molecule has 0 radical (unpaired) electrons. The maximum Gasteiger partial charge on any atom is 0.246 e. The van der Waals surface area contributed by atoms with Crippen LogP contribution in [0.3, 0.4) is 0 Å². The zero-order valence-corrected chi connectivity index (χ0v) is 19.5. The van der Waals surface area contributed by atoms with Crippen molar-refractivity contribution < 1.29 is 14.3 Å². The molecule has 7 heteroatoms. The van der Waals surface area contributed by atoms with Crippen LogP contribution in [-0.2, 0) is 16.2 Å². The van der Waals surface area contributed by atoms with Gasteiger partial charge < -0.3 is 15.0 Å². The van der Waals surface area contributed by atoms with Crippen molar-refractivity contribution >= 4 is 34.9 Å². The van der Waals surface area contributed by atoms with Gasteiger partial charge in [-0.3, -0.25) is 9.59 Å². The topological polar surface area (TPSA) is 71.5 Å². The van der Waals surface area contributed by atoms with E-state index in [0.717, 1.165) is 33.1 Å². The number of carbonyl (C=O) groups is 2. The molecule has 0 spiro atoms. The highest BCUT2D eigenvalue weighted by atomic mass is 32.1. The quantitative estimate of drug-likeness (QED) is 0.504. The molecule has 0 bridgehead atoms. The summed E-state index contributed by atoms with van der Waals surface area (Å²) in [5.41, 5.74) is 4.40. The van der Waals surface area contributed by atoms with Crippen molar-refractivity contribution in [2.45, 2.75) is 27.4 Å². The van der Waals surface area contributed by atoms with Crippen molar-refractivity contribution in [1.82, 2.24) is 9.88 Å². The van der Waals surface area contributed by atoms with Gasteiger partial charge in [-0.2, -0.15) is 0 Å². The fraction of sp³-hybridized carbons (Fsp3) is 0.240. The fourth-order valence-corrected chi connectivity index (χ4v) is 3.75. The molecular formula is C25H27N3O3S. The molecule has 0 fully saturated rings.